The van der Waals surface area contributed by atoms with Crippen LogP contribution in [0.3, 0.4) is 0 Å². The normalized spacial score (nSPS) is 14.0. The van der Waals surface area contributed by atoms with Crippen LogP contribution in [0.2, 0.25) is 0 Å². The van der Waals surface area contributed by atoms with E-state index in [0.29, 0.717) is 0 Å². The van der Waals surface area contributed by atoms with Crippen LogP contribution in [0.4, 0.5) is 0 Å². The van der Waals surface area contributed by atoms with Gasteiger partial charge in [0, 0.05) is 0 Å². The number of phosphoric ester groups is 1. The average molecular weight is 335 g/mol. The molecule has 0 amide bonds. The van der Waals surface area contributed by atoms with Crippen molar-refractivity contribution in [2.75, 3.05) is 0 Å². The summed E-state index contributed by atoms with van der Waals surface area (Å²) in [7, 11) is -4.27. The highest BCUT2D eigenvalue weighted by atomic mass is 31.2. The fourth-order valence-electron chi connectivity index (χ4n) is 2.04. The van der Waals surface area contributed by atoms with E-state index in [1.807, 2.05) is 48.5 Å². The first-order chi connectivity index (χ1) is 10.9. The molecule has 0 aliphatic carbocycles. The van der Waals surface area contributed by atoms with E-state index in [2.05, 4.69) is 0 Å². The molecule has 1 atom stereocenters. The lowest BCUT2D eigenvalue weighted by atomic mass is 10.0. The van der Waals surface area contributed by atoms with Crippen molar-refractivity contribution in [1.82, 2.24) is 0 Å². The van der Waals surface area contributed by atoms with Crippen LogP contribution in [-0.2, 0) is 26.8 Å². The highest BCUT2D eigenvalue weighted by Crippen LogP contribution is 2.40. The highest BCUT2D eigenvalue weighted by molar-refractivity contribution is 7.45. The summed E-state index contributed by atoms with van der Waals surface area (Å²) in [5, 5.41) is 9.04. The third-order valence-electron chi connectivity index (χ3n) is 3.15. The molecule has 0 saturated carbocycles. The Morgan fingerprint density at radius 2 is 1.48 bits per heavy atom. The van der Waals surface area contributed by atoms with Crippen LogP contribution in [0.15, 0.2) is 48.5 Å². The molecule has 0 aromatic heterocycles. The Bertz CT molecular complexity index is 664. The Labute approximate surface area is 136 Å². The van der Waals surface area contributed by atoms with Crippen LogP contribution in [0.25, 0.3) is 11.1 Å². The molecule has 0 fully saturated rings. The molecule has 2 rings (SSSR count). The number of aliphatic hydroxyl groups excluding tert-OH is 1. The minimum Gasteiger partial charge on any atom is -0.756 e. The van der Waals surface area contributed by atoms with Gasteiger partial charge in [0.2, 0.25) is 0 Å². The maximum atomic E-state index is 11.5. The molecule has 23 heavy (non-hydrogen) atoms. The predicted octanol–water partition coefficient (Wildman–Crippen LogP) is 3.26. The second kappa shape index (κ2) is 7.86. The summed E-state index contributed by atoms with van der Waals surface area (Å²) < 4.78 is 21.1. The van der Waals surface area contributed by atoms with Crippen molar-refractivity contribution in [2.24, 2.45) is 0 Å². The number of benzene rings is 2. The third kappa shape index (κ3) is 5.57. The van der Waals surface area contributed by atoms with Crippen molar-refractivity contribution < 1.29 is 23.6 Å². The number of hydrogen-bond donors (Lipinski definition) is 1. The van der Waals surface area contributed by atoms with Crippen molar-refractivity contribution in [3.63, 3.8) is 0 Å². The van der Waals surface area contributed by atoms with Gasteiger partial charge in [0.05, 0.1) is 19.3 Å². The maximum Gasteiger partial charge on any atom is 0.268 e. The SMILES string of the molecule is CC(C)OP(=O)([O-])OCc1ccc(-c2ccc(CO)cc2)cc1. The topological polar surface area (TPSA) is 78.8 Å². The van der Waals surface area contributed by atoms with Crippen molar-refractivity contribution in [2.45, 2.75) is 33.2 Å². The summed E-state index contributed by atoms with van der Waals surface area (Å²) in [6.07, 6.45) is -0.442. The first kappa shape index (κ1) is 17.9. The van der Waals surface area contributed by atoms with Crippen LogP contribution in [-0.4, -0.2) is 11.2 Å². The highest BCUT2D eigenvalue weighted by Gasteiger charge is 2.11. The molecule has 1 N–H and O–H groups in total. The molecule has 5 nitrogen and oxygen atoms in total. The fraction of sp³-hybridized carbons (Fsp3) is 0.294. The number of aliphatic hydroxyl groups is 1. The van der Waals surface area contributed by atoms with Crippen LogP contribution in [0.5, 0.6) is 0 Å². The Balaban J connectivity index is 2.00. The lowest BCUT2D eigenvalue weighted by Crippen LogP contribution is -2.12. The minimum absolute atomic E-state index is 0.0181. The molecule has 2 aromatic rings. The summed E-state index contributed by atoms with van der Waals surface area (Å²) in [5.74, 6) is 0. The third-order valence-corrected chi connectivity index (χ3v) is 4.28. The Kier molecular flexibility index (Phi) is 6.10. The molecule has 0 bridgehead atoms. The van der Waals surface area contributed by atoms with Crippen LogP contribution in [0.1, 0.15) is 25.0 Å². The fourth-order valence-corrected chi connectivity index (χ4v) is 2.92. The first-order valence-electron chi connectivity index (χ1n) is 7.33. The van der Waals surface area contributed by atoms with E-state index in [-0.39, 0.29) is 13.2 Å². The summed E-state index contributed by atoms with van der Waals surface area (Å²) >= 11 is 0. The van der Waals surface area contributed by atoms with Gasteiger partial charge >= 0.3 is 0 Å². The molecule has 2 aromatic carbocycles. The molecule has 0 radical (unpaired) electrons. The minimum atomic E-state index is -4.27. The van der Waals surface area contributed by atoms with Crippen molar-refractivity contribution in [1.29, 1.82) is 0 Å². The van der Waals surface area contributed by atoms with Gasteiger partial charge in [-0.15, -0.1) is 0 Å². The van der Waals surface area contributed by atoms with Gasteiger partial charge in [0.25, 0.3) is 7.82 Å². The molecular weight excluding hydrogens is 315 g/mol. The van der Waals surface area contributed by atoms with Crippen LogP contribution < -0.4 is 4.89 Å². The molecule has 0 heterocycles. The van der Waals surface area contributed by atoms with Crippen molar-refractivity contribution in [3.05, 3.63) is 59.7 Å². The average Bonchev–Trinajstić information content (AvgIpc) is 2.52. The second-order valence-electron chi connectivity index (χ2n) is 5.43. The van der Waals surface area contributed by atoms with E-state index in [4.69, 9.17) is 14.2 Å². The van der Waals surface area contributed by atoms with Gasteiger partial charge in [-0.25, -0.2) is 0 Å². The molecule has 0 saturated heterocycles. The molecule has 0 aliphatic rings. The van der Waals surface area contributed by atoms with Crippen LogP contribution in [0, 0.1) is 0 Å². The molecule has 0 spiro atoms. The number of phosphoric acid groups is 1. The smallest absolute Gasteiger partial charge is 0.268 e. The van der Waals surface area contributed by atoms with E-state index in [0.717, 1.165) is 22.3 Å². The lowest BCUT2D eigenvalue weighted by Gasteiger charge is -2.24. The monoisotopic (exact) mass is 335 g/mol. The standard InChI is InChI=1S/C17H21O5P/c1-13(2)22-23(19,20)21-12-15-5-9-17(10-6-15)16-7-3-14(11-18)4-8-16/h3-10,13,18H,11-12H2,1-2H3,(H,19,20)/p-1. The molecule has 6 heteroatoms. The Morgan fingerprint density at radius 3 is 1.91 bits per heavy atom. The predicted molar refractivity (Wildman–Crippen MR) is 86.4 cm³/mol. The Hall–Kier alpha value is -1.49. The number of hydrogen-bond acceptors (Lipinski definition) is 5. The number of rotatable bonds is 7. The van der Waals surface area contributed by atoms with Crippen LogP contribution >= 0.6 is 7.82 Å². The van der Waals surface area contributed by atoms with Gasteiger partial charge < -0.3 is 19.0 Å². The van der Waals surface area contributed by atoms with Gasteiger partial charge in [-0.05, 0) is 36.1 Å². The maximum absolute atomic E-state index is 11.5. The summed E-state index contributed by atoms with van der Waals surface area (Å²) in [6, 6.07) is 15.0. The molecular formula is C17H20O5P-. The van der Waals surface area contributed by atoms with Crippen molar-refractivity contribution in [3.8, 4) is 11.1 Å². The van der Waals surface area contributed by atoms with Gasteiger partial charge in [-0.2, -0.15) is 0 Å². The van der Waals surface area contributed by atoms with Gasteiger partial charge in [-0.3, -0.25) is 4.57 Å². The van der Waals surface area contributed by atoms with E-state index in [1.54, 1.807) is 13.8 Å². The van der Waals surface area contributed by atoms with Gasteiger partial charge in [0.15, 0.2) is 0 Å². The summed E-state index contributed by atoms with van der Waals surface area (Å²) in [4.78, 5) is 11.5. The zero-order chi connectivity index (χ0) is 16.9. The van der Waals surface area contributed by atoms with E-state index in [1.165, 1.54) is 0 Å². The van der Waals surface area contributed by atoms with E-state index >= 15 is 0 Å². The first-order valence-corrected chi connectivity index (χ1v) is 8.79. The lowest BCUT2D eigenvalue weighted by molar-refractivity contribution is -0.229. The van der Waals surface area contributed by atoms with E-state index < -0.39 is 13.9 Å². The quantitative estimate of drug-likeness (QED) is 0.786. The largest absolute Gasteiger partial charge is 0.756 e. The Morgan fingerprint density at radius 1 is 1.00 bits per heavy atom. The summed E-state index contributed by atoms with van der Waals surface area (Å²) in [6.45, 7) is 3.22. The van der Waals surface area contributed by atoms with Crippen molar-refractivity contribution >= 4 is 7.82 Å². The van der Waals surface area contributed by atoms with Gasteiger partial charge in [-0.1, -0.05) is 48.5 Å². The molecule has 1 unspecified atom stereocenters. The van der Waals surface area contributed by atoms with Gasteiger partial charge in [0.1, 0.15) is 0 Å². The van der Waals surface area contributed by atoms with E-state index in [9.17, 15) is 9.46 Å². The zero-order valence-electron chi connectivity index (χ0n) is 13.1. The molecule has 0 aliphatic heterocycles. The second-order valence-corrected chi connectivity index (χ2v) is 6.79. The summed E-state index contributed by atoms with van der Waals surface area (Å²) in [5.41, 5.74) is 3.62. The zero-order valence-corrected chi connectivity index (χ0v) is 14.0. The molecule has 124 valence electrons.